The minimum absolute atomic E-state index is 0.560. The van der Waals surface area contributed by atoms with Crippen LogP contribution in [0.4, 0.5) is 17.3 Å². The topological polar surface area (TPSA) is 55.1 Å². The first-order valence-corrected chi connectivity index (χ1v) is 18.5. The Labute approximate surface area is 307 Å². The molecule has 53 heavy (non-hydrogen) atoms. The van der Waals surface area contributed by atoms with E-state index in [0.29, 0.717) is 17.6 Å². The summed E-state index contributed by atoms with van der Waals surface area (Å²) in [5, 5.41) is 9.08. The number of aromatic nitrogens is 3. The van der Waals surface area contributed by atoms with E-state index in [1.54, 1.807) is 0 Å². The Bertz CT molecular complexity index is 3320. The fourth-order valence-electron chi connectivity index (χ4n) is 8.31. The Kier molecular flexibility index (Phi) is 5.87. The quantitative estimate of drug-likeness (QED) is 0.184. The van der Waals surface area contributed by atoms with Crippen LogP contribution in [0.15, 0.2) is 162 Å². The largest absolute Gasteiger partial charge is 0.456 e. The van der Waals surface area contributed by atoms with Gasteiger partial charge in [0.25, 0.3) is 0 Å². The second kappa shape index (κ2) is 10.8. The molecule has 0 amide bonds. The first kappa shape index (κ1) is 28.8. The number of anilines is 3. The van der Waals surface area contributed by atoms with Crippen LogP contribution in [-0.4, -0.2) is 15.0 Å². The summed E-state index contributed by atoms with van der Waals surface area (Å²) in [6, 6.07) is 55.6. The van der Waals surface area contributed by atoms with Gasteiger partial charge in [-0.15, -0.1) is 11.3 Å². The van der Waals surface area contributed by atoms with E-state index >= 15 is 0 Å². The molecule has 0 fully saturated rings. The van der Waals surface area contributed by atoms with Gasteiger partial charge in [-0.2, -0.15) is 9.97 Å². The number of furan rings is 1. The smallest absolute Gasteiger partial charge is 0.238 e. The number of fused-ring (bicyclic) bond motifs is 10. The molecule has 4 heterocycles. The van der Waals surface area contributed by atoms with Gasteiger partial charge in [-0.3, -0.25) is 4.90 Å². The van der Waals surface area contributed by atoms with Gasteiger partial charge < -0.3 is 4.42 Å². The highest BCUT2D eigenvalue weighted by Crippen LogP contribution is 2.53. The van der Waals surface area contributed by atoms with E-state index in [-0.39, 0.29) is 0 Å². The molecule has 6 heteroatoms. The second-order valence-corrected chi connectivity index (χ2v) is 14.7. The molecule has 0 bridgehead atoms. The number of para-hydroxylation sites is 1. The summed E-state index contributed by atoms with van der Waals surface area (Å²) >= 11 is 1.81. The van der Waals surface area contributed by atoms with Crippen molar-refractivity contribution < 1.29 is 4.42 Å². The molecular weight excluding hydrogens is 669 g/mol. The Morgan fingerprint density at radius 2 is 1.17 bits per heavy atom. The first-order chi connectivity index (χ1) is 26.3. The lowest BCUT2D eigenvalue weighted by atomic mass is 9.89. The molecule has 1 aliphatic rings. The van der Waals surface area contributed by atoms with Gasteiger partial charge in [0, 0.05) is 58.4 Å². The summed E-state index contributed by atoms with van der Waals surface area (Å²) in [5.74, 6) is 1.76. The van der Waals surface area contributed by atoms with Gasteiger partial charge in [0.1, 0.15) is 11.2 Å². The molecule has 246 valence electrons. The summed E-state index contributed by atoms with van der Waals surface area (Å²) < 4.78 is 8.85. The van der Waals surface area contributed by atoms with Gasteiger partial charge in [0.2, 0.25) is 5.95 Å². The molecule has 0 N–H and O–H groups in total. The molecule has 0 saturated carbocycles. The molecule has 0 unspecified atom stereocenters. The predicted molar refractivity (Wildman–Crippen MR) is 220 cm³/mol. The first-order valence-electron chi connectivity index (χ1n) is 17.7. The van der Waals surface area contributed by atoms with Crippen LogP contribution in [0.5, 0.6) is 0 Å². The van der Waals surface area contributed by atoms with Crippen LogP contribution >= 0.6 is 11.3 Å². The summed E-state index contributed by atoms with van der Waals surface area (Å²) in [6.07, 6.45) is 0. The third kappa shape index (κ3) is 4.15. The molecule has 12 rings (SSSR count). The average Bonchev–Trinajstić information content (AvgIpc) is 3.79. The van der Waals surface area contributed by atoms with E-state index in [1.165, 1.54) is 36.5 Å². The second-order valence-electron chi connectivity index (χ2n) is 13.6. The Hall–Kier alpha value is -6.89. The van der Waals surface area contributed by atoms with E-state index in [9.17, 15) is 0 Å². The van der Waals surface area contributed by atoms with E-state index in [4.69, 9.17) is 19.4 Å². The van der Waals surface area contributed by atoms with Gasteiger partial charge in [-0.1, -0.05) is 115 Å². The number of thiophene rings is 1. The molecule has 0 saturated heterocycles. The van der Waals surface area contributed by atoms with Crippen molar-refractivity contribution in [1.82, 2.24) is 15.0 Å². The zero-order valence-corrected chi connectivity index (χ0v) is 28.9. The molecule has 0 atom stereocenters. The van der Waals surface area contributed by atoms with Crippen molar-refractivity contribution in [2.75, 3.05) is 4.90 Å². The van der Waals surface area contributed by atoms with Crippen molar-refractivity contribution >= 4 is 92.3 Å². The third-order valence-corrected chi connectivity index (χ3v) is 11.8. The highest BCUT2D eigenvalue weighted by molar-refractivity contribution is 7.25. The van der Waals surface area contributed by atoms with Crippen LogP contribution in [-0.2, 0) is 0 Å². The molecule has 3 aromatic heterocycles. The van der Waals surface area contributed by atoms with Crippen molar-refractivity contribution in [1.29, 1.82) is 0 Å². The number of hydrogen-bond donors (Lipinski definition) is 0. The Morgan fingerprint density at radius 3 is 2.11 bits per heavy atom. The van der Waals surface area contributed by atoms with Crippen molar-refractivity contribution in [3.05, 3.63) is 158 Å². The van der Waals surface area contributed by atoms with Crippen molar-refractivity contribution in [3.8, 4) is 33.9 Å². The lowest BCUT2D eigenvalue weighted by molar-refractivity contribution is 0.669. The van der Waals surface area contributed by atoms with Crippen molar-refractivity contribution in [2.45, 2.75) is 0 Å². The van der Waals surface area contributed by atoms with Gasteiger partial charge >= 0.3 is 0 Å². The van der Waals surface area contributed by atoms with Crippen LogP contribution in [0, 0.1) is 0 Å². The molecule has 0 radical (unpaired) electrons. The third-order valence-electron chi connectivity index (χ3n) is 10.6. The lowest BCUT2D eigenvalue weighted by Gasteiger charge is -2.33. The zero-order valence-electron chi connectivity index (χ0n) is 28.1. The van der Waals surface area contributed by atoms with Crippen molar-refractivity contribution in [2.24, 2.45) is 0 Å². The minimum atomic E-state index is 0.560. The van der Waals surface area contributed by atoms with E-state index in [0.717, 1.165) is 60.8 Å². The average molecular weight is 695 g/mol. The van der Waals surface area contributed by atoms with Crippen LogP contribution in [0.25, 0.3) is 97.6 Å². The molecule has 8 aromatic carbocycles. The standard InChI is InChI=1S/C47H26N4OS/c1-2-13-30-27(10-1)22-24-33-32-16-7-11-28-12-8-18-37(42(28)32)51(44(30)33)47-49-45(29-23-25-41-36(26-29)31-14-4-6-21-40(31)53-41)48-46(50-47)35-17-9-20-39-43(35)34-15-3-5-19-38(34)52-39/h1-26H. The van der Waals surface area contributed by atoms with Gasteiger partial charge in [-0.25, -0.2) is 4.98 Å². The van der Waals surface area contributed by atoms with Crippen LogP contribution in [0.3, 0.4) is 0 Å². The summed E-state index contributed by atoms with van der Waals surface area (Å²) in [6.45, 7) is 0. The van der Waals surface area contributed by atoms with Gasteiger partial charge in [0.15, 0.2) is 11.6 Å². The molecule has 0 aliphatic carbocycles. The maximum Gasteiger partial charge on any atom is 0.238 e. The van der Waals surface area contributed by atoms with Crippen molar-refractivity contribution in [3.63, 3.8) is 0 Å². The highest BCUT2D eigenvalue weighted by atomic mass is 32.1. The normalized spacial score (nSPS) is 12.5. The maximum atomic E-state index is 6.35. The van der Waals surface area contributed by atoms with E-state index in [1.807, 2.05) is 41.7 Å². The minimum Gasteiger partial charge on any atom is -0.456 e. The zero-order chi connectivity index (χ0) is 34.6. The van der Waals surface area contributed by atoms with Crippen LogP contribution in [0.1, 0.15) is 0 Å². The fraction of sp³-hybridized carbons (Fsp3) is 0. The SMILES string of the molecule is c1ccc2c3c(ccc2c1)-c1cccc2cccc(c12)N3c1nc(-c2ccc3sc4ccccc4c3c2)nc(-c2cccc3oc4ccccc4c23)n1. The summed E-state index contributed by atoms with van der Waals surface area (Å²) in [5.41, 5.74) is 7.90. The van der Waals surface area contributed by atoms with E-state index < -0.39 is 0 Å². The predicted octanol–water partition coefficient (Wildman–Crippen LogP) is 13.2. The number of hydrogen-bond acceptors (Lipinski definition) is 6. The molecule has 11 aromatic rings. The van der Waals surface area contributed by atoms with Gasteiger partial charge in [0.05, 0.1) is 11.4 Å². The summed E-state index contributed by atoms with van der Waals surface area (Å²) in [4.78, 5) is 18.4. The molecule has 0 spiro atoms. The number of benzene rings is 8. The Morgan fingerprint density at radius 1 is 0.453 bits per heavy atom. The highest BCUT2D eigenvalue weighted by Gasteiger charge is 2.30. The Balaban J connectivity index is 1.20. The monoisotopic (exact) mass is 694 g/mol. The lowest BCUT2D eigenvalue weighted by Crippen LogP contribution is -2.19. The van der Waals surface area contributed by atoms with E-state index in [2.05, 4.69) is 132 Å². The van der Waals surface area contributed by atoms with Crippen LogP contribution in [0.2, 0.25) is 0 Å². The molecule has 5 nitrogen and oxygen atoms in total. The van der Waals surface area contributed by atoms with Crippen LogP contribution < -0.4 is 4.90 Å². The molecular formula is C47H26N4OS. The number of rotatable bonds is 3. The fourth-order valence-corrected chi connectivity index (χ4v) is 9.40. The van der Waals surface area contributed by atoms with Gasteiger partial charge in [-0.05, 0) is 58.8 Å². The maximum absolute atomic E-state index is 6.35. The number of nitrogens with zero attached hydrogens (tertiary/aromatic N) is 4. The molecule has 1 aliphatic heterocycles. The summed E-state index contributed by atoms with van der Waals surface area (Å²) in [7, 11) is 0.